The highest BCUT2D eigenvalue weighted by Crippen LogP contribution is 2.18. The number of aliphatic hydroxyl groups excluding tert-OH is 1. The van der Waals surface area contributed by atoms with Crippen molar-refractivity contribution in [1.82, 2.24) is 20.9 Å². The quantitative estimate of drug-likeness (QED) is 0.0442. The Hall–Kier alpha value is -4.12. The first-order valence-corrected chi connectivity index (χ1v) is 21.3. The van der Waals surface area contributed by atoms with Crippen molar-refractivity contribution in [2.75, 3.05) is 124 Å². The summed E-state index contributed by atoms with van der Waals surface area (Å²) in [6, 6.07) is 5.02. The van der Waals surface area contributed by atoms with Gasteiger partial charge in [0.25, 0.3) is 0 Å². The first-order valence-electron chi connectivity index (χ1n) is 21.3. The predicted octanol–water partition coefficient (Wildman–Crippen LogP) is 0.187. The number of nitrogens with one attached hydrogen (secondary N) is 4. The Balaban J connectivity index is 1.29. The number of likely N-dealkylation sites (tertiary alicyclic amines) is 1. The largest absolute Gasteiger partial charge is 0.392 e. The number of amides is 6. The van der Waals surface area contributed by atoms with Crippen molar-refractivity contribution in [3.63, 3.8) is 0 Å². The molecule has 6 amide bonds. The Morgan fingerprint density at radius 2 is 1.11 bits per heavy atom. The van der Waals surface area contributed by atoms with Gasteiger partial charge in [0.05, 0.1) is 112 Å². The van der Waals surface area contributed by atoms with E-state index in [1.807, 2.05) is 0 Å². The van der Waals surface area contributed by atoms with Crippen LogP contribution >= 0.6 is 0 Å². The van der Waals surface area contributed by atoms with E-state index in [4.69, 9.17) is 43.0 Å². The molecule has 0 bridgehead atoms. The van der Waals surface area contributed by atoms with Crippen molar-refractivity contribution in [1.29, 1.82) is 0 Å². The number of benzene rings is 1. The van der Waals surface area contributed by atoms with Crippen molar-refractivity contribution in [3.05, 3.63) is 29.8 Å². The second kappa shape index (κ2) is 33.4. The summed E-state index contributed by atoms with van der Waals surface area (Å²) >= 11 is 0. The molecule has 0 saturated carbocycles. The molecule has 352 valence electrons. The molecule has 0 aliphatic carbocycles. The molecule has 1 aromatic carbocycles. The van der Waals surface area contributed by atoms with E-state index in [1.165, 1.54) is 0 Å². The molecule has 5 N–H and O–H groups in total. The summed E-state index contributed by atoms with van der Waals surface area (Å²) in [7, 11) is 0. The van der Waals surface area contributed by atoms with E-state index in [9.17, 15) is 28.8 Å². The van der Waals surface area contributed by atoms with Gasteiger partial charge in [-0.3, -0.25) is 33.7 Å². The highest BCUT2D eigenvalue weighted by molar-refractivity contribution is 6.03. The zero-order chi connectivity index (χ0) is 45.4. The molecule has 20 heteroatoms. The van der Waals surface area contributed by atoms with Gasteiger partial charge in [-0.15, -0.1) is 0 Å². The number of rotatable bonds is 37. The molecule has 1 unspecified atom stereocenters. The number of ether oxygens (including phenoxy) is 8. The standard InChI is InChI=1S/C42H69N5O15/c1-31(2)39(41(53)44-33(4)40(52)45-35-7-5-34(30-48)6-8-35)46-37(50)10-13-55-15-17-57-19-21-59-23-25-61-27-28-62-26-24-60-22-20-58-18-16-56-14-11-43-36(49)9-12-47-38(51)29-32(3)42(47)54/h5-8,31-33,39,48H,9-30H2,1-4H3,(H,43,49)(H,44,53)(H,45,52)(H,46,50)/t32?,33-,39-/m0/s1. The molecule has 3 atom stereocenters. The molecule has 1 fully saturated rings. The summed E-state index contributed by atoms with van der Waals surface area (Å²) < 4.78 is 43.7. The number of nitrogens with zero attached hydrogens (tertiary/aromatic N) is 1. The fraction of sp³-hybridized carbons (Fsp3) is 0.714. The summed E-state index contributed by atoms with van der Waals surface area (Å²) in [5.41, 5.74) is 1.24. The molecular weight excluding hydrogens is 814 g/mol. The fourth-order valence-electron chi connectivity index (χ4n) is 5.55. The molecule has 0 radical (unpaired) electrons. The van der Waals surface area contributed by atoms with Crippen molar-refractivity contribution in [2.24, 2.45) is 11.8 Å². The summed E-state index contributed by atoms with van der Waals surface area (Å²) in [5, 5.41) is 20.0. The van der Waals surface area contributed by atoms with Gasteiger partial charge in [0.15, 0.2) is 0 Å². The lowest BCUT2D eigenvalue weighted by molar-refractivity contribution is -0.139. The Morgan fingerprint density at radius 3 is 1.55 bits per heavy atom. The Morgan fingerprint density at radius 1 is 0.645 bits per heavy atom. The molecule has 0 aromatic heterocycles. The van der Waals surface area contributed by atoms with E-state index >= 15 is 0 Å². The second-order valence-electron chi connectivity index (χ2n) is 14.6. The molecular formula is C42H69N5O15. The summed E-state index contributed by atoms with van der Waals surface area (Å²) in [6.45, 7) is 13.2. The van der Waals surface area contributed by atoms with Gasteiger partial charge < -0.3 is 64.3 Å². The number of aliphatic hydroxyl groups is 1. The second-order valence-corrected chi connectivity index (χ2v) is 14.6. The molecule has 1 saturated heterocycles. The van der Waals surface area contributed by atoms with Gasteiger partial charge in [-0.25, -0.2) is 0 Å². The van der Waals surface area contributed by atoms with Crippen molar-refractivity contribution >= 4 is 41.1 Å². The zero-order valence-corrected chi connectivity index (χ0v) is 36.8. The minimum atomic E-state index is -0.848. The summed E-state index contributed by atoms with van der Waals surface area (Å²) in [5.74, 6) is -2.46. The van der Waals surface area contributed by atoms with Crippen LogP contribution in [0, 0.1) is 11.8 Å². The van der Waals surface area contributed by atoms with Crippen molar-refractivity contribution in [3.8, 4) is 0 Å². The SMILES string of the molecule is CC1CC(=O)N(CCC(=O)NCCOCCOCCOCCOCCOCCOCCOCCOCCC(=O)N[C@H](C(=O)N[C@@H](C)C(=O)Nc2ccc(CO)cc2)C(C)C)C1=O. The van der Waals surface area contributed by atoms with E-state index in [0.717, 1.165) is 4.90 Å². The lowest BCUT2D eigenvalue weighted by atomic mass is 10.0. The lowest BCUT2D eigenvalue weighted by Crippen LogP contribution is -2.53. The molecule has 1 aromatic rings. The van der Waals surface area contributed by atoms with E-state index < -0.39 is 23.9 Å². The Kier molecular flexibility index (Phi) is 29.1. The monoisotopic (exact) mass is 883 g/mol. The van der Waals surface area contributed by atoms with Crippen LogP contribution in [0.1, 0.15) is 52.5 Å². The van der Waals surface area contributed by atoms with Crippen LogP contribution in [0.15, 0.2) is 24.3 Å². The van der Waals surface area contributed by atoms with Crippen LogP contribution in [-0.4, -0.2) is 176 Å². The highest BCUT2D eigenvalue weighted by Gasteiger charge is 2.35. The van der Waals surface area contributed by atoms with Crippen molar-refractivity contribution < 1.29 is 71.8 Å². The first kappa shape index (κ1) is 54.0. The van der Waals surface area contributed by atoms with Gasteiger partial charge in [0.2, 0.25) is 35.4 Å². The van der Waals surface area contributed by atoms with Crippen LogP contribution in [0.3, 0.4) is 0 Å². The van der Waals surface area contributed by atoms with Gasteiger partial charge in [0, 0.05) is 44.0 Å². The normalized spacial score (nSPS) is 14.9. The van der Waals surface area contributed by atoms with Crippen LogP contribution in [0.25, 0.3) is 0 Å². The number of hydrogen-bond acceptors (Lipinski definition) is 15. The third kappa shape index (κ3) is 24.5. The van der Waals surface area contributed by atoms with Gasteiger partial charge in [-0.1, -0.05) is 32.9 Å². The third-order valence-corrected chi connectivity index (χ3v) is 9.10. The number of hydrogen-bond donors (Lipinski definition) is 5. The number of imide groups is 1. The van der Waals surface area contributed by atoms with Gasteiger partial charge in [0.1, 0.15) is 12.1 Å². The van der Waals surface area contributed by atoms with E-state index in [-0.39, 0.29) is 81.1 Å². The van der Waals surface area contributed by atoms with Crippen LogP contribution in [0.5, 0.6) is 0 Å². The smallest absolute Gasteiger partial charge is 0.246 e. The Labute approximate surface area is 364 Å². The highest BCUT2D eigenvalue weighted by atomic mass is 16.6. The maximum Gasteiger partial charge on any atom is 0.246 e. The maximum absolute atomic E-state index is 12.9. The van der Waals surface area contributed by atoms with Crippen LogP contribution in [-0.2, 0) is 73.3 Å². The van der Waals surface area contributed by atoms with E-state index in [1.54, 1.807) is 52.0 Å². The molecule has 62 heavy (non-hydrogen) atoms. The summed E-state index contributed by atoms with van der Waals surface area (Å²) in [4.78, 5) is 74.7. The predicted molar refractivity (Wildman–Crippen MR) is 225 cm³/mol. The van der Waals surface area contributed by atoms with Crippen LogP contribution in [0.2, 0.25) is 0 Å². The first-order chi connectivity index (χ1) is 29.9. The molecule has 1 heterocycles. The van der Waals surface area contributed by atoms with Crippen molar-refractivity contribution in [2.45, 2.75) is 65.6 Å². The lowest BCUT2D eigenvalue weighted by Gasteiger charge is -2.24. The minimum absolute atomic E-state index is 0.0543. The van der Waals surface area contributed by atoms with Gasteiger partial charge in [-0.2, -0.15) is 0 Å². The van der Waals surface area contributed by atoms with Gasteiger partial charge >= 0.3 is 0 Å². The average molecular weight is 884 g/mol. The van der Waals surface area contributed by atoms with Gasteiger partial charge in [-0.05, 0) is 30.5 Å². The van der Waals surface area contributed by atoms with Crippen LogP contribution in [0.4, 0.5) is 5.69 Å². The fourth-order valence-corrected chi connectivity index (χ4v) is 5.55. The number of carbonyl (C=O) groups excluding carboxylic acids is 6. The molecule has 20 nitrogen and oxygen atoms in total. The van der Waals surface area contributed by atoms with E-state index in [2.05, 4.69) is 21.3 Å². The molecule has 0 spiro atoms. The molecule has 2 rings (SSSR count). The molecule has 1 aliphatic heterocycles. The number of carbonyl (C=O) groups is 6. The maximum atomic E-state index is 12.9. The van der Waals surface area contributed by atoms with E-state index in [0.29, 0.717) is 110 Å². The number of anilines is 1. The topological polar surface area (TPSA) is 248 Å². The summed E-state index contributed by atoms with van der Waals surface area (Å²) in [6.07, 6.45) is 0.328. The van der Waals surface area contributed by atoms with Crippen LogP contribution < -0.4 is 21.3 Å². The third-order valence-electron chi connectivity index (χ3n) is 9.10. The average Bonchev–Trinajstić information content (AvgIpc) is 3.49. The molecule has 1 aliphatic rings. The minimum Gasteiger partial charge on any atom is -0.392 e. The zero-order valence-electron chi connectivity index (χ0n) is 36.8. The Bertz CT molecular complexity index is 1450.